The first-order valence-electron chi connectivity index (χ1n) is 4.72. The molecule has 0 unspecified atom stereocenters. The van der Waals surface area contributed by atoms with Crippen molar-refractivity contribution in [1.82, 2.24) is 0 Å². The largest absolute Gasteiger partial charge is 0.489 e. The number of carboxylic acid groups (broad SMARTS) is 1. The highest BCUT2D eigenvalue weighted by atomic mass is 79.9. The van der Waals surface area contributed by atoms with E-state index in [1.54, 1.807) is 6.92 Å². The summed E-state index contributed by atoms with van der Waals surface area (Å²) in [5.74, 6) is -0.730. The predicted molar refractivity (Wildman–Crippen MR) is 63.1 cm³/mol. The van der Waals surface area contributed by atoms with Crippen molar-refractivity contribution in [3.8, 4) is 5.75 Å². The fraction of sp³-hybridized carbons (Fsp3) is 0.300. The zero-order chi connectivity index (χ0) is 13.0. The van der Waals surface area contributed by atoms with E-state index in [4.69, 9.17) is 9.84 Å². The van der Waals surface area contributed by atoms with E-state index < -0.39 is 17.0 Å². The van der Waals surface area contributed by atoms with Crippen LogP contribution in [0.2, 0.25) is 0 Å². The highest BCUT2D eigenvalue weighted by molar-refractivity contribution is 9.10. The Morgan fingerprint density at radius 2 is 2.29 bits per heavy atom. The second-order valence-electron chi connectivity index (χ2n) is 3.40. The summed E-state index contributed by atoms with van der Waals surface area (Å²) in [5, 5.41) is 19.1. The molecule has 1 aromatic carbocycles. The number of hydrogen-bond acceptors (Lipinski definition) is 4. The Morgan fingerprint density at radius 3 is 2.82 bits per heavy atom. The van der Waals surface area contributed by atoms with Crippen molar-refractivity contribution in [2.24, 2.45) is 0 Å². The molecule has 1 N–H and O–H groups in total. The molecule has 0 radical (unpaired) electrons. The van der Waals surface area contributed by atoms with Gasteiger partial charge in [0, 0.05) is 6.07 Å². The molecule has 7 heteroatoms. The summed E-state index contributed by atoms with van der Waals surface area (Å²) in [5.41, 5.74) is -0.106. The van der Waals surface area contributed by atoms with E-state index in [1.165, 1.54) is 18.2 Å². The number of benzene rings is 1. The lowest BCUT2D eigenvalue weighted by Crippen LogP contribution is -2.16. The van der Waals surface area contributed by atoms with Crippen LogP contribution in [0.1, 0.15) is 13.3 Å². The first kappa shape index (κ1) is 13.4. The van der Waals surface area contributed by atoms with E-state index in [9.17, 15) is 14.9 Å². The first-order chi connectivity index (χ1) is 7.90. The molecule has 1 atom stereocenters. The number of nitro groups is 1. The van der Waals surface area contributed by atoms with Crippen molar-refractivity contribution in [2.75, 3.05) is 0 Å². The van der Waals surface area contributed by atoms with Gasteiger partial charge in [-0.05, 0) is 28.9 Å². The average molecular weight is 304 g/mol. The maximum Gasteiger partial charge on any atom is 0.307 e. The number of ether oxygens (including phenoxy) is 1. The third-order valence-electron chi connectivity index (χ3n) is 1.92. The molecule has 0 aliphatic heterocycles. The van der Waals surface area contributed by atoms with Crippen LogP contribution in [0, 0.1) is 10.1 Å². The van der Waals surface area contributed by atoms with Gasteiger partial charge in [0.15, 0.2) is 0 Å². The SMILES string of the molecule is C[C@@H](CC(=O)O)Oc1cc([N+](=O)[O-])ccc1Br. The number of carboxylic acids is 1. The Hall–Kier alpha value is -1.63. The number of nitrogens with zero attached hydrogens (tertiary/aromatic N) is 1. The highest BCUT2D eigenvalue weighted by Crippen LogP contribution is 2.30. The summed E-state index contributed by atoms with van der Waals surface area (Å²) in [6.07, 6.45) is -0.736. The third-order valence-corrected chi connectivity index (χ3v) is 2.57. The molecule has 0 saturated carbocycles. The van der Waals surface area contributed by atoms with Gasteiger partial charge < -0.3 is 9.84 Å². The minimum atomic E-state index is -0.987. The normalized spacial score (nSPS) is 11.9. The van der Waals surface area contributed by atoms with E-state index in [-0.39, 0.29) is 17.9 Å². The maximum absolute atomic E-state index is 10.6. The second kappa shape index (κ2) is 5.62. The van der Waals surface area contributed by atoms with Crippen LogP contribution in [0.25, 0.3) is 0 Å². The van der Waals surface area contributed by atoms with Crippen LogP contribution in [0.15, 0.2) is 22.7 Å². The van der Waals surface area contributed by atoms with Crippen molar-refractivity contribution < 1.29 is 19.6 Å². The van der Waals surface area contributed by atoms with Gasteiger partial charge in [0.05, 0.1) is 21.9 Å². The minimum absolute atomic E-state index is 0.106. The summed E-state index contributed by atoms with van der Waals surface area (Å²) in [7, 11) is 0. The van der Waals surface area contributed by atoms with Gasteiger partial charge in [-0.2, -0.15) is 0 Å². The van der Waals surface area contributed by atoms with Gasteiger partial charge >= 0.3 is 5.97 Å². The average Bonchev–Trinajstić information content (AvgIpc) is 2.19. The minimum Gasteiger partial charge on any atom is -0.489 e. The van der Waals surface area contributed by atoms with Crippen molar-refractivity contribution in [3.63, 3.8) is 0 Å². The molecule has 6 nitrogen and oxygen atoms in total. The molecule has 0 aliphatic carbocycles. The summed E-state index contributed by atoms with van der Waals surface area (Å²) in [6.45, 7) is 1.58. The lowest BCUT2D eigenvalue weighted by Gasteiger charge is -2.13. The number of hydrogen-bond donors (Lipinski definition) is 1. The van der Waals surface area contributed by atoms with Gasteiger partial charge in [0.2, 0.25) is 0 Å². The zero-order valence-electron chi connectivity index (χ0n) is 8.92. The van der Waals surface area contributed by atoms with Gasteiger partial charge in [-0.1, -0.05) is 0 Å². The Balaban J connectivity index is 2.86. The van der Waals surface area contributed by atoms with Crippen LogP contribution in [0.5, 0.6) is 5.75 Å². The van der Waals surface area contributed by atoms with E-state index in [0.717, 1.165) is 0 Å². The van der Waals surface area contributed by atoms with Crippen molar-refractivity contribution >= 4 is 27.6 Å². The van der Waals surface area contributed by atoms with E-state index in [0.29, 0.717) is 4.47 Å². The Bertz CT molecular complexity index is 448. The number of nitro benzene ring substituents is 1. The lowest BCUT2D eigenvalue weighted by molar-refractivity contribution is -0.385. The van der Waals surface area contributed by atoms with E-state index >= 15 is 0 Å². The smallest absolute Gasteiger partial charge is 0.307 e. The molecular formula is C10H10BrNO5. The molecule has 0 amide bonds. The molecule has 0 fully saturated rings. The van der Waals surface area contributed by atoms with Crippen LogP contribution in [0.4, 0.5) is 5.69 Å². The van der Waals surface area contributed by atoms with Crippen LogP contribution >= 0.6 is 15.9 Å². The lowest BCUT2D eigenvalue weighted by atomic mass is 10.2. The first-order valence-corrected chi connectivity index (χ1v) is 5.52. The van der Waals surface area contributed by atoms with Crippen molar-refractivity contribution in [1.29, 1.82) is 0 Å². The van der Waals surface area contributed by atoms with Crippen LogP contribution < -0.4 is 4.74 Å². The molecular weight excluding hydrogens is 294 g/mol. The predicted octanol–water partition coefficient (Wildman–Crippen LogP) is 2.60. The van der Waals surface area contributed by atoms with Gasteiger partial charge in [0.1, 0.15) is 11.9 Å². The molecule has 0 spiro atoms. The van der Waals surface area contributed by atoms with E-state index in [2.05, 4.69) is 15.9 Å². The molecule has 0 heterocycles. The van der Waals surface area contributed by atoms with E-state index in [1.807, 2.05) is 0 Å². The third kappa shape index (κ3) is 4.03. The Kier molecular flexibility index (Phi) is 4.45. The highest BCUT2D eigenvalue weighted by Gasteiger charge is 2.14. The number of carbonyl (C=O) groups is 1. The molecule has 0 bridgehead atoms. The van der Waals surface area contributed by atoms with Gasteiger partial charge in [-0.3, -0.25) is 14.9 Å². The van der Waals surface area contributed by atoms with Gasteiger partial charge in [-0.15, -0.1) is 0 Å². The molecule has 92 valence electrons. The topological polar surface area (TPSA) is 89.7 Å². The molecule has 0 saturated heterocycles. The molecule has 1 rings (SSSR count). The number of aliphatic carboxylic acids is 1. The Labute approximate surface area is 105 Å². The van der Waals surface area contributed by atoms with Crippen LogP contribution in [0.3, 0.4) is 0 Å². The quantitative estimate of drug-likeness (QED) is 0.667. The Morgan fingerprint density at radius 1 is 1.65 bits per heavy atom. The molecule has 17 heavy (non-hydrogen) atoms. The zero-order valence-corrected chi connectivity index (χ0v) is 10.5. The summed E-state index contributed by atoms with van der Waals surface area (Å²) in [6, 6.07) is 4.07. The number of rotatable bonds is 5. The molecule has 0 aromatic heterocycles. The monoisotopic (exact) mass is 303 g/mol. The maximum atomic E-state index is 10.6. The van der Waals surface area contributed by atoms with Crippen molar-refractivity contribution in [3.05, 3.63) is 32.8 Å². The second-order valence-corrected chi connectivity index (χ2v) is 4.25. The number of non-ortho nitro benzene ring substituents is 1. The fourth-order valence-electron chi connectivity index (χ4n) is 1.20. The molecule has 0 aliphatic rings. The molecule has 1 aromatic rings. The number of halogens is 1. The summed E-state index contributed by atoms with van der Waals surface area (Å²) in [4.78, 5) is 20.5. The van der Waals surface area contributed by atoms with Gasteiger partial charge in [0.25, 0.3) is 5.69 Å². The summed E-state index contributed by atoms with van der Waals surface area (Å²) >= 11 is 3.18. The summed E-state index contributed by atoms with van der Waals surface area (Å²) < 4.78 is 5.86. The van der Waals surface area contributed by atoms with Gasteiger partial charge in [-0.25, -0.2) is 0 Å². The van der Waals surface area contributed by atoms with Crippen molar-refractivity contribution in [2.45, 2.75) is 19.4 Å². The fourth-order valence-corrected chi connectivity index (χ4v) is 1.54. The standard InChI is InChI=1S/C10H10BrNO5/c1-6(4-10(13)14)17-9-5-7(12(15)16)2-3-8(9)11/h2-3,5-6H,4H2,1H3,(H,13,14)/t6-/m0/s1. The van der Waals surface area contributed by atoms with Crippen LogP contribution in [-0.4, -0.2) is 22.1 Å². The van der Waals surface area contributed by atoms with Crippen LogP contribution in [-0.2, 0) is 4.79 Å².